The molecule has 1 amide bonds. The van der Waals surface area contributed by atoms with E-state index < -0.39 is 24.0 Å². The second-order valence-electron chi connectivity index (χ2n) is 14.2. The molecule has 0 spiro atoms. The average molecular weight is 704 g/mol. The van der Waals surface area contributed by atoms with Crippen molar-refractivity contribution in [3.63, 3.8) is 0 Å². The van der Waals surface area contributed by atoms with Crippen molar-refractivity contribution in [2.24, 2.45) is 0 Å². The van der Waals surface area contributed by atoms with E-state index in [1.165, 1.54) is 17.2 Å². The van der Waals surface area contributed by atoms with E-state index in [0.29, 0.717) is 36.5 Å². The van der Waals surface area contributed by atoms with E-state index in [1.807, 2.05) is 26.8 Å². The van der Waals surface area contributed by atoms with Gasteiger partial charge in [-0.2, -0.15) is 13.2 Å². The maximum atomic E-state index is 14.2. The summed E-state index contributed by atoms with van der Waals surface area (Å²) in [6.07, 6.45) is -4.46. The Hall–Kier alpha value is -4.48. The van der Waals surface area contributed by atoms with Crippen molar-refractivity contribution in [2.45, 2.75) is 77.9 Å². The highest BCUT2D eigenvalue weighted by molar-refractivity contribution is 5.84. The summed E-state index contributed by atoms with van der Waals surface area (Å²) in [5, 5.41) is 6.35. The minimum atomic E-state index is -4.58. The minimum absolute atomic E-state index is 0.0445. The number of alkyl carbamates (subject to hydrolysis) is 1. The van der Waals surface area contributed by atoms with Crippen molar-refractivity contribution in [2.75, 3.05) is 38.5 Å². The monoisotopic (exact) mass is 703 g/mol. The fraction of sp³-hybridized carbons (Fsp3) is 0.425. The van der Waals surface area contributed by atoms with Crippen LogP contribution in [0.25, 0.3) is 11.1 Å². The van der Waals surface area contributed by atoms with Crippen LogP contribution in [0.15, 0.2) is 72.8 Å². The molecular formula is C40H48F3N5O3. The van der Waals surface area contributed by atoms with Gasteiger partial charge < -0.3 is 25.0 Å². The summed E-state index contributed by atoms with van der Waals surface area (Å²) in [4.78, 5) is 24.0. The molecule has 0 fully saturated rings. The van der Waals surface area contributed by atoms with E-state index >= 15 is 0 Å². The van der Waals surface area contributed by atoms with Crippen LogP contribution in [-0.2, 0) is 28.9 Å². The summed E-state index contributed by atoms with van der Waals surface area (Å²) in [7, 11) is 2.05. The summed E-state index contributed by atoms with van der Waals surface area (Å²) in [6.45, 7) is 10.3. The molecule has 3 aromatic carbocycles. The number of benzene rings is 3. The van der Waals surface area contributed by atoms with Crippen LogP contribution in [0.1, 0.15) is 79.1 Å². The first-order valence-corrected chi connectivity index (χ1v) is 17.5. The molecule has 1 atom stereocenters. The van der Waals surface area contributed by atoms with Crippen molar-refractivity contribution in [3.8, 4) is 11.1 Å². The maximum Gasteiger partial charge on any atom is 0.418 e. The van der Waals surface area contributed by atoms with Gasteiger partial charge in [0.2, 0.25) is 0 Å². The number of nitrogens with zero attached hydrogens (tertiary/aromatic N) is 3. The predicted octanol–water partition coefficient (Wildman–Crippen LogP) is 8.42. The second-order valence-corrected chi connectivity index (χ2v) is 14.2. The first-order valence-electron chi connectivity index (χ1n) is 17.5. The van der Waals surface area contributed by atoms with Crippen LogP contribution in [0.2, 0.25) is 0 Å². The van der Waals surface area contributed by atoms with Crippen LogP contribution >= 0.6 is 0 Å². The van der Waals surface area contributed by atoms with Gasteiger partial charge in [0.05, 0.1) is 12.3 Å². The van der Waals surface area contributed by atoms with Crippen molar-refractivity contribution in [1.82, 2.24) is 20.2 Å². The van der Waals surface area contributed by atoms with Crippen LogP contribution in [0, 0.1) is 6.92 Å². The summed E-state index contributed by atoms with van der Waals surface area (Å²) in [6, 6.07) is 21.6. The molecule has 0 aliphatic heterocycles. The summed E-state index contributed by atoms with van der Waals surface area (Å²) in [5.74, 6) is 1.28. The zero-order valence-corrected chi connectivity index (χ0v) is 30.1. The average Bonchev–Trinajstić information content (AvgIpc) is 3.42. The molecule has 272 valence electrons. The Morgan fingerprint density at radius 1 is 0.922 bits per heavy atom. The Kier molecular flexibility index (Phi) is 12.4. The van der Waals surface area contributed by atoms with Gasteiger partial charge in [0.1, 0.15) is 17.2 Å². The van der Waals surface area contributed by atoms with Gasteiger partial charge in [-0.05, 0) is 88.5 Å². The maximum absolute atomic E-state index is 14.2. The van der Waals surface area contributed by atoms with Crippen LogP contribution in [-0.4, -0.2) is 66.0 Å². The van der Waals surface area contributed by atoms with Gasteiger partial charge in [0.15, 0.2) is 6.10 Å². The Morgan fingerprint density at radius 3 is 2.37 bits per heavy atom. The smallest absolute Gasteiger partial charge is 0.418 e. The third kappa shape index (κ3) is 11.0. The van der Waals surface area contributed by atoms with Crippen LogP contribution < -0.4 is 10.6 Å². The van der Waals surface area contributed by atoms with E-state index in [-0.39, 0.29) is 18.6 Å². The van der Waals surface area contributed by atoms with Gasteiger partial charge in [-0.25, -0.2) is 14.8 Å². The van der Waals surface area contributed by atoms with E-state index in [4.69, 9.17) is 19.4 Å². The lowest BCUT2D eigenvalue weighted by atomic mass is 10.0. The van der Waals surface area contributed by atoms with Crippen LogP contribution in [0.4, 0.5) is 23.8 Å². The first kappa shape index (κ1) is 37.8. The SMILES string of the molecule is Cc1ccc2c(c1)Cc1nc(Cc3cccc(C(OCc4ccccc4)C(F)(F)F)c3)nc(NCCCN(C)CCCNC(=O)OC(C)(C)C)c1-2. The number of halogens is 3. The van der Waals surface area contributed by atoms with Crippen molar-refractivity contribution < 1.29 is 27.4 Å². The number of rotatable bonds is 15. The molecule has 4 aromatic rings. The molecule has 5 rings (SSSR count). The highest BCUT2D eigenvalue weighted by Gasteiger charge is 2.42. The van der Waals surface area contributed by atoms with E-state index in [0.717, 1.165) is 48.6 Å². The number of aryl methyl sites for hydroxylation is 1. The number of carbonyl (C=O) groups is 1. The van der Waals surface area contributed by atoms with Crippen molar-refractivity contribution in [1.29, 1.82) is 0 Å². The number of amides is 1. The summed E-state index contributed by atoms with van der Waals surface area (Å²) >= 11 is 0. The van der Waals surface area contributed by atoms with Gasteiger partial charge >= 0.3 is 12.3 Å². The molecule has 51 heavy (non-hydrogen) atoms. The minimum Gasteiger partial charge on any atom is -0.444 e. The summed E-state index contributed by atoms with van der Waals surface area (Å²) in [5.41, 5.74) is 6.21. The largest absolute Gasteiger partial charge is 0.444 e. The normalized spacial score (nSPS) is 13.1. The molecular weight excluding hydrogens is 655 g/mol. The van der Waals surface area contributed by atoms with E-state index in [1.54, 1.807) is 42.5 Å². The third-order valence-corrected chi connectivity index (χ3v) is 8.48. The Bertz CT molecular complexity index is 1780. The molecule has 1 aliphatic carbocycles. The van der Waals surface area contributed by atoms with Gasteiger partial charge in [-0.3, -0.25) is 0 Å². The van der Waals surface area contributed by atoms with Gasteiger partial charge in [-0.1, -0.05) is 78.4 Å². The fourth-order valence-electron chi connectivity index (χ4n) is 6.17. The Balaban J connectivity index is 1.25. The molecule has 1 heterocycles. The lowest BCUT2D eigenvalue weighted by molar-refractivity contribution is -0.227. The molecule has 8 nitrogen and oxygen atoms in total. The predicted molar refractivity (Wildman–Crippen MR) is 194 cm³/mol. The van der Waals surface area contributed by atoms with Crippen LogP contribution in [0.5, 0.6) is 0 Å². The molecule has 0 saturated heterocycles. The number of ether oxygens (including phenoxy) is 2. The quantitative estimate of drug-likeness (QED) is 0.106. The third-order valence-electron chi connectivity index (χ3n) is 8.48. The molecule has 1 aliphatic rings. The van der Waals surface area contributed by atoms with Gasteiger partial charge in [0.25, 0.3) is 0 Å². The molecule has 2 N–H and O–H groups in total. The van der Waals surface area contributed by atoms with Crippen molar-refractivity contribution in [3.05, 3.63) is 112 Å². The highest BCUT2D eigenvalue weighted by atomic mass is 19.4. The number of hydrogen-bond acceptors (Lipinski definition) is 7. The number of fused-ring (bicyclic) bond motifs is 3. The highest BCUT2D eigenvalue weighted by Crippen LogP contribution is 2.41. The van der Waals surface area contributed by atoms with Crippen LogP contribution in [0.3, 0.4) is 0 Å². The molecule has 0 bridgehead atoms. The number of aromatic nitrogens is 2. The van der Waals surface area contributed by atoms with Gasteiger partial charge in [-0.15, -0.1) is 0 Å². The molecule has 11 heteroatoms. The number of anilines is 1. The molecule has 1 aromatic heterocycles. The van der Waals surface area contributed by atoms with Crippen molar-refractivity contribution >= 4 is 11.9 Å². The van der Waals surface area contributed by atoms with Gasteiger partial charge in [0, 0.05) is 31.5 Å². The Morgan fingerprint density at radius 2 is 1.65 bits per heavy atom. The molecule has 0 radical (unpaired) electrons. The number of nitrogens with one attached hydrogen (secondary N) is 2. The lowest BCUT2D eigenvalue weighted by Gasteiger charge is -2.22. The second kappa shape index (κ2) is 16.7. The molecule has 1 unspecified atom stereocenters. The lowest BCUT2D eigenvalue weighted by Crippen LogP contribution is -2.34. The zero-order chi connectivity index (χ0) is 36.6. The fourth-order valence-corrected chi connectivity index (χ4v) is 6.17. The zero-order valence-electron chi connectivity index (χ0n) is 30.1. The standard InChI is InChI=1S/C40H48F3N5O3/c1-27-16-17-32-31(22-27)25-33-35(32)37(44-18-10-20-48(5)21-11-19-45-38(49)51-39(2,3)4)47-34(46-33)24-29-14-9-15-30(23-29)36(40(41,42)43)50-26-28-12-7-6-8-13-28/h6-9,12-17,22-23,36H,10-11,18-21,24-26H2,1-5H3,(H,45,49)(H,44,46,47). The number of hydrogen-bond donors (Lipinski definition) is 2. The Labute approximate surface area is 298 Å². The first-order chi connectivity index (χ1) is 24.2. The topological polar surface area (TPSA) is 88.6 Å². The summed E-state index contributed by atoms with van der Waals surface area (Å²) < 4.78 is 53.3. The number of alkyl halides is 3. The number of carbonyl (C=O) groups excluding carboxylic acids is 1. The van der Waals surface area contributed by atoms with E-state index in [2.05, 4.69) is 47.7 Å². The van der Waals surface area contributed by atoms with E-state index in [9.17, 15) is 18.0 Å². The molecule has 0 saturated carbocycles.